The Morgan fingerprint density at radius 1 is 1.06 bits per heavy atom. The van der Waals surface area contributed by atoms with Gasteiger partial charge in [0.25, 0.3) is 0 Å². The first-order chi connectivity index (χ1) is 7.31. The number of carbonyl (C=O) groups excluding carboxylic acids is 3. The van der Waals surface area contributed by atoms with Crippen LogP contribution in [0.25, 0.3) is 0 Å². The minimum Gasteiger partial charge on any atom is -0.353 e. The second kappa shape index (κ2) is 9.70. The largest absolute Gasteiger partial charge is 0.353 e. The van der Waals surface area contributed by atoms with Gasteiger partial charge in [-0.05, 0) is 13.8 Å². The van der Waals surface area contributed by atoms with E-state index in [-0.39, 0.29) is 5.91 Å². The molecule has 6 heteroatoms. The lowest BCUT2D eigenvalue weighted by Crippen LogP contribution is -2.22. The van der Waals surface area contributed by atoms with E-state index in [1.807, 2.05) is 6.92 Å². The van der Waals surface area contributed by atoms with E-state index < -0.39 is 11.9 Å². The van der Waals surface area contributed by atoms with Crippen LogP contribution in [-0.2, 0) is 24.2 Å². The van der Waals surface area contributed by atoms with Gasteiger partial charge in [-0.3, -0.25) is 4.79 Å². The summed E-state index contributed by atoms with van der Waals surface area (Å²) in [5.41, 5.74) is 0.562. The minimum atomic E-state index is -0.639. The highest BCUT2D eigenvalue weighted by Crippen LogP contribution is 1.83. The van der Waals surface area contributed by atoms with Gasteiger partial charge in [-0.25, -0.2) is 19.4 Å². The summed E-state index contributed by atoms with van der Waals surface area (Å²) in [5.74, 6) is -1.34. The predicted octanol–water partition coefficient (Wildman–Crippen LogP) is 0.726. The van der Waals surface area contributed by atoms with Crippen LogP contribution in [0.3, 0.4) is 0 Å². The van der Waals surface area contributed by atoms with E-state index in [1.165, 1.54) is 0 Å². The van der Waals surface area contributed by atoms with Gasteiger partial charge in [0.2, 0.25) is 5.91 Å². The molecule has 0 aliphatic carbocycles. The fraction of sp³-hybridized carbons (Fsp3) is 0.500. The van der Waals surface area contributed by atoms with Crippen molar-refractivity contribution >= 4 is 17.8 Å². The van der Waals surface area contributed by atoms with Gasteiger partial charge in [-0.15, -0.1) is 0 Å². The fourth-order valence-corrected chi connectivity index (χ4v) is 0.429. The molecule has 0 radical (unpaired) electrons. The van der Waals surface area contributed by atoms with Gasteiger partial charge in [0, 0.05) is 26.0 Å². The van der Waals surface area contributed by atoms with Crippen LogP contribution < -0.4 is 5.32 Å². The summed E-state index contributed by atoms with van der Waals surface area (Å²) in [6, 6.07) is 0. The summed E-state index contributed by atoms with van der Waals surface area (Å²) in [6.07, 6.45) is 0. The Hall–Kier alpha value is -1.85. The van der Waals surface area contributed by atoms with Crippen LogP contribution in [0.1, 0.15) is 27.7 Å². The van der Waals surface area contributed by atoms with Crippen LogP contribution in [0.4, 0.5) is 0 Å². The van der Waals surface area contributed by atoms with Gasteiger partial charge >= 0.3 is 11.9 Å². The first kappa shape index (κ1) is 16.6. The summed E-state index contributed by atoms with van der Waals surface area (Å²) in [6.45, 7) is 9.98. The molecule has 0 aliphatic heterocycles. The molecule has 0 saturated carbocycles. The third-order valence-corrected chi connectivity index (χ3v) is 1.00. The van der Waals surface area contributed by atoms with Crippen molar-refractivity contribution in [3.8, 4) is 0 Å². The van der Waals surface area contributed by atoms with E-state index in [0.29, 0.717) is 12.1 Å². The number of amides is 1. The molecular formula is C10H17NO5. The Morgan fingerprint density at radius 2 is 1.44 bits per heavy atom. The van der Waals surface area contributed by atoms with Crippen LogP contribution in [-0.4, -0.2) is 24.4 Å². The van der Waals surface area contributed by atoms with Gasteiger partial charge in [0.05, 0.1) is 0 Å². The van der Waals surface area contributed by atoms with Crippen molar-refractivity contribution in [3.05, 3.63) is 12.2 Å². The SMILES string of the molecule is C=C(C)C(=O)NCC.CC(=O)OOC(C)=O. The van der Waals surface area contributed by atoms with Crippen molar-refractivity contribution in [2.24, 2.45) is 0 Å². The highest BCUT2D eigenvalue weighted by molar-refractivity contribution is 5.91. The van der Waals surface area contributed by atoms with Crippen molar-refractivity contribution in [1.82, 2.24) is 5.32 Å². The van der Waals surface area contributed by atoms with Crippen molar-refractivity contribution in [3.63, 3.8) is 0 Å². The van der Waals surface area contributed by atoms with E-state index >= 15 is 0 Å². The monoisotopic (exact) mass is 231 g/mol. The molecule has 0 aromatic heterocycles. The van der Waals surface area contributed by atoms with E-state index in [0.717, 1.165) is 13.8 Å². The maximum Gasteiger partial charge on any atom is 0.352 e. The average molecular weight is 231 g/mol. The van der Waals surface area contributed by atoms with Gasteiger partial charge < -0.3 is 5.32 Å². The van der Waals surface area contributed by atoms with E-state index in [9.17, 15) is 14.4 Å². The van der Waals surface area contributed by atoms with Crippen LogP contribution in [0.15, 0.2) is 12.2 Å². The summed E-state index contributed by atoms with van der Waals surface area (Å²) in [5, 5.41) is 2.61. The number of rotatable bonds is 2. The van der Waals surface area contributed by atoms with Crippen LogP contribution in [0.2, 0.25) is 0 Å². The van der Waals surface area contributed by atoms with E-state index in [4.69, 9.17) is 0 Å². The Bertz CT molecular complexity index is 258. The molecule has 0 bridgehead atoms. The first-order valence-corrected chi connectivity index (χ1v) is 4.60. The fourth-order valence-electron chi connectivity index (χ4n) is 0.429. The molecule has 0 fully saturated rings. The third-order valence-electron chi connectivity index (χ3n) is 1.00. The topological polar surface area (TPSA) is 81.7 Å². The Kier molecular flexibility index (Phi) is 10.0. The molecule has 92 valence electrons. The molecule has 0 heterocycles. The normalized spacial score (nSPS) is 8.00. The average Bonchev–Trinajstić information content (AvgIpc) is 2.16. The zero-order chi connectivity index (χ0) is 13.1. The summed E-state index contributed by atoms with van der Waals surface area (Å²) in [7, 11) is 0. The minimum absolute atomic E-state index is 0.0625. The van der Waals surface area contributed by atoms with Crippen LogP contribution >= 0.6 is 0 Å². The molecule has 0 aromatic carbocycles. The van der Waals surface area contributed by atoms with Gasteiger partial charge in [-0.1, -0.05) is 6.58 Å². The maximum atomic E-state index is 10.5. The predicted molar refractivity (Wildman–Crippen MR) is 57.0 cm³/mol. The number of hydrogen-bond donors (Lipinski definition) is 1. The van der Waals surface area contributed by atoms with Crippen molar-refractivity contribution < 1.29 is 24.2 Å². The number of carbonyl (C=O) groups is 3. The first-order valence-electron chi connectivity index (χ1n) is 4.60. The van der Waals surface area contributed by atoms with Crippen LogP contribution in [0.5, 0.6) is 0 Å². The molecule has 0 rings (SSSR count). The van der Waals surface area contributed by atoms with Gasteiger partial charge in [0.1, 0.15) is 0 Å². The zero-order valence-corrected chi connectivity index (χ0v) is 9.96. The summed E-state index contributed by atoms with van der Waals surface area (Å²) >= 11 is 0. The number of hydrogen-bond acceptors (Lipinski definition) is 5. The van der Waals surface area contributed by atoms with Crippen molar-refractivity contribution in [2.45, 2.75) is 27.7 Å². The molecular weight excluding hydrogens is 214 g/mol. The quantitative estimate of drug-likeness (QED) is 0.430. The molecule has 0 atom stereocenters. The second-order valence-electron chi connectivity index (χ2n) is 2.79. The molecule has 0 aliphatic rings. The highest BCUT2D eigenvalue weighted by atomic mass is 17.2. The van der Waals surface area contributed by atoms with Crippen LogP contribution in [0, 0.1) is 0 Å². The molecule has 1 N–H and O–H groups in total. The Morgan fingerprint density at radius 3 is 1.56 bits per heavy atom. The lowest BCUT2D eigenvalue weighted by molar-refractivity contribution is -0.255. The maximum absolute atomic E-state index is 10.5. The standard InChI is InChI=1S/C6H11NO.C4H6O4/c1-4-7-6(8)5(2)3;1-3(5)7-8-4(2)6/h2,4H2,1,3H3,(H,7,8);1-2H3. The second-order valence-corrected chi connectivity index (χ2v) is 2.79. The molecule has 1 amide bonds. The Balaban J connectivity index is 0. The Labute approximate surface area is 94.5 Å². The van der Waals surface area contributed by atoms with Crippen molar-refractivity contribution in [2.75, 3.05) is 6.54 Å². The lowest BCUT2D eigenvalue weighted by atomic mass is 10.3. The summed E-state index contributed by atoms with van der Waals surface area (Å²) in [4.78, 5) is 37.9. The molecule has 16 heavy (non-hydrogen) atoms. The van der Waals surface area contributed by atoms with E-state index in [2.05, 4.69) is 21.7 Å². The molecule has 0 aromatic rings. The summed E-state index contributed by atoms with van der Waals surface area (Å²) < 4.78 is 0. The van der Waals surface area contributed by atoms with Gasteiger partial charge in [-0.2, -0.15) is 0 Å². The highest BCUT2D eigenvalue weighted by Gasteiger charge is 1.95. The number of likely N-dealkylation sites (N-methyl/N-ethyl adjacent to an activating group) is 1. The third kappa shape index (κ3) is 14.7. The molecule has 0 saturated heterocycles. The van der Waals surface area contributed by atoms with Crippen molar-refractivity contribution in [1.29, 1.82) is 0 Å². The number of nitrogens with one attached hydrogen (secondary N) is 1. The van der Waals surface area contributed by atoms with E-state index in [1.54, 1.807) is 6.92 Å². The zero-order valence-electron chi connectivity index (χ0n) is 9.96. The van der Waals surface area contributed by atoms with Gasteiger partial charge in [0.15, 0.2) is 0 Å². The smallest absolute Gasteiger partial charge is 0.352 e. The lowest BCUT2D eigenvalue weighted by Gasteiger charge is -1.97. The molecule has 0 unspecified atom stereocenters. The molecule has 6 nitrogen and oxygen atoms in total. The molecule has 0 spiro atoms.